The third kappa shape index (κ3) is 1.48. The van der Waals surface area contributed by atoms with Crippen molar-refractivity contribution >= 4 is 33.8 Å². The lowest BCUT2D eigenvalue weighted by Crippen LogP contribution is -1.89. The van der Waals surface area contributed by atoms with Gasteiger partial charge in [-0.2, -0.15) is 4.98 Å². The molecule has 0 spiro atoms. The van der Waals surface area contributed by atoms with E-state index in [0.29, 0.717) is 11.2 Å². The zero-order chi connectivity index (χ0) is 9.42. The molecule has 2 N–H and O–H groups in total. The Kier molecular flexibility index (Phi) is 1.91. The molecule has 0 aliphatic carbocycles. The second-order valence-corrected chi connectivity index (χ2v) is 3.61. The Balaban J connectivity index is 2.81. The van der Waals surface area contributed by atoms with Crippen molar-refractivity contribution in [3.05, 3.63) is 15.8 Å². The maximum Gasteiger partial charge on any atom is 0.277 e. The predicted octanol–water partition coefficient (Wildman–Crippen LogP) is 1.04. The number of rotatable bonds is 0. The van der Waals surface area contributed by atoms with Crippen LogP contribution in [0.1, 0.15) is 0 Å². The van der Waals surface area contributed by atoms with Gasteiger partial charge in [0, 0.05) is 9.77 Å². The summed E-state index contributed by atoms with van der Waals surface area (Å²) in [4.78, 5) is 11.3. The number of hydrogen-bond donors (Lipinski definition) is 2. The summed E-state index contributed by atoms with van der Waals surface area (Å²) in [5, 5.41) is 18.1. The molecule has 0 radical (unpaired) electrons. The van der Waals surface area contributed by atoms with Crippen molar-refractivity contribution in [3.63, 3.8) is 0 Å². The quantitative estimate of drug-likeness (QED) is 0.708. The number of hydrogen-bond acceptors (Lipinski definition) is 5. The number of nitrogens with zero attached hydrogens (tertiary/aromatic N) is 3. The van der Waals surface area contributed by atoms with Crippen LogP contribution >= 0.6 is 22.6 Å². The van der Waals surface area contributed by atoms with E-state index >= 15 is 0 Å². The van der Waals surface area contributed by atoms with Crippen LogP contribution in [0.4, 0.5) is 0 Å². The molecule has 2 heterocycles. The Hall–Kier alpha value is -1.18. The maximum atomic E-state index is 9.05. The molecule has 13 heavy (non-hydrogen) atoms. The minimum absolute atomic E-state index is 0.315. The third-order valence-corrected chi connectivity index (χ3v) is 2.04. The van der Waals surface area contributed by atoms with Crippen LogP contribution in [0, 0.1) is 3.57 Å². The van der Waals surface area contributed by atoms with Crippen LogP contribution in [0.25, 0.3) is 11.2 Å². The van der Waals surface area contributed by atoms with Crippen molar-refractivity contribution < 1.29 is 10.2 Å². The summed E-state index contributed by atoms with van der Waals surface area (Å²) in [7, 11) is 0. The number of fused-ring (bicyclic) bond motifs is 1. The van der Waals surface area contributed by atoms with Gasteiger partial charge in [0.1, 0.15) is 5.52 Å². The Labute approximate surface area is 86.6 Å². The third-order valence-electron chi connectivity index (χ3n) is 1.45. The summed E-state index contributed by atoms with van der Waals surface area (Å²) in [6, 6.07) is 1.72. The molecule has 0 saturated heterocycles. The van der Waals surface area contributed by atoms with Crippen LogP contribution in [0.3, 0.4) is 0 Å². The van der Waals surface area contributed by atoms with Crippen molar-refractivity contribution in [3.8, 4) is 11.8 Å². The van der Waals surface area contributed by atoms with E-state index in [9.17, 15) is 0 Å². The average Bonchev–Trinajstić information content (AvgIpc) is 2.08. The highest BCUT2D eigenvalue weighted by atomic mass is 127. The van der Waals surface area contributed by atoms with Gasteiger partial charge in [0.25, 0.3) is 11.8 Å². The summed E-state index contributed by atoms with van der Waals surface area (Å²) < 4.78 is 0.893. The molecule has 2 aromatic heterocycles. The Morgan fingerprint density at radius 3 is 2.62 bits per heavy atom. The van der Waals surface area contributed by atoms with E-state index in [1.807, 2.05) is 0 Å². The average molecular weight is 289 g/mol. The fraction of sp³-hybridized carbons (Fsp3) is 0. The van der Waals surface area contributed by atoms with Crippen molar-refractivity contribution in [2.75, 3.05) is 0 Å². The van der Waals surface area contributed by atoms with Crippen LogP contribution < -0.4 is 0 Å². The van der Waals surface area contributed by atoms with Gasteiger partial charge in [-0.15, -0.1) is 0 Å². The zero-order valence-corrected chi connectivity index (χ0v) is 8.43. The molecule has 0 saturated carbocycles. The van der Waals surface area contributed by atoms with E-state index in [1.165, 1.54) is 0 Å². The highest BCUT2D eigenvalue weighted by Gasteiger charge is 2.06. The van der Waals surface area contributed by atoms with Crippen molar-refractivity contribution in [2.24, 2.45) is 0 Å². The molecule has 6 heteroatoms. The summed E-state index contributed by atoms with van der Waals surface area (Å²) >= 11 is 2.07. The van der Waals surface area contributed by atoms with Crippen LogP contribution in [-0.4, -0.2) is 25.2 Å². The summed E-state index contributed by atoms with van der Waals surface area (Å²) in [5.74, 6) is -0.975. The van der Waals surface area contributed by atoms with Gasteiger partial charge in [0.05, 0.1) is 0 Å². The number of pyridine rings is 1. The smallest absolute Gasteiger partial charge is 0.277 e. The van der Waals surface area contributed by atoms with Crippen LogP contribution in [0.5, 0.6) is 11.8 Å². The molecular weight excluding hydrogens is 285 g/mol. The zero-order valence-electron chi connectivity index (χ0n) is 6.27. The molecule has 0 aliphatic rings. The molecule has 66 valence electrons. The lowest BCUT2D eigenvalue weighted by atomic mass is 10.4. The highest BCUT2D eigenvalue weighted by molar-refractivity contribution is 14.1. The lowest BCUT2D eigenvalue weighted by molar-refractivity contribution is 0.377. The molecule has 0 bridgehead atoms. The molecule has 2 rings (SSSR count). The van der Waals surface area contributed by atoms with E-state index in [-0.39, 0.29) is 0 Å². The molecule has 0 amide bonds. The van der Waals surface area contributed by atoms with E-state index in [1.54, 1.807) is 12.3 Å². The maximum absolute atomic E-state index is 9.05. The lowest BCUT2D eigenvalue weighted by Gasteiger charge is -1.98. The Morgan fingerprint density at radius 1 is 1.15 bits per heavy atom. The first-order valence-electron chi connectivity index (χ1n) is 3.38. The summed E-state index contributed by atoms with van der Waals surface area (Å²) in [6.45, 7) is 0. The largest absolute Gasteiger partial charge is 0.489 e. The van der Waals surface area contributed by atoms with Gasteiger partial charge < -0.3 is 10.2 Å². The molecule has 2 aromatic rings. The topological polar surface area (TPSA) is 79.1 Å². The Morgan fingerprint density at radius 2 is 1.85 bits per heavy atom. The monoisotopic (exact) mass is 289 g/mol. The van der Waals surface area contributed by atoms with Crippen LogP contribution in [0.15, 0.2) is 12.3 Å². The van der Waals surface area contributed by atoms with Gasteiger partial charge >= 0.3 is 0 Å². The standard InChI is InChI=1S/C7H4IN3O2/c8-3-1-4-5(9-2-3)11-7(13)6(12)10-4/h1-2H,(H,10,12)(H,9,11,13). The second-order valence-electron chi connectivity index (χ2n) is 2.37. The fourth-order valence-electron chi connectivity index (χ4n) is 0.904. The van der Waals surface area contributed by atoms with Crippen molar-refractivity contribution in [1.29, 1.82) is 0 Å². The van der Waals surface area contributed by atoms with Gasteiger partial charge in [-0.3, -0.25) is 0 Å². The van der Waals surface area contributed by atoms with Crippen molar-refractivity contribution in [2.45, 2.75) is 0 Å². The minimum Gasteiger partial charge on any atom is -0.489 e. The number of halogens is 1. The van der Waals surface area contributed by atoms with E-state index in [4.69, 9.17) is 10.2 Å². The molecule has 0 unspecified atom stereocenters. The van der Waals surface area contributed by atoms with Crippen molar-refractivity contribution in [1.82, 2.24) is 15.0 Å². The normalized spacial score (nSPS) is 10.5. The van der Waals surface area contributed by atoms with Gasteiger partial charge in [-0.05, 0) is 28.7 Å². The molecular formula is C7H4IN3O2. The van der Waals surface area contributed by atoms with E-state index in [2.05, 4.69) is 37.5 Å². The minimum atomic E-state index is -0.499. The molecule has 0 fully saturated rings. The molecule has 0 aromatic carbocycles. The number of aromatic hydroxyl groups is 2. The van der Waals surface area contributed by atoms with Gasteiger partial charge in [0.15, 0.2) is 5.65 Å². The van der Waals surface area contributed by atoms with Gasteiger partial charge in [0.2, 0.25) is 0 Å². The first-order valence-corrected chi connectivity index (χ1v) is 4.46. The van der Waals surface area contributed by atoms with E-state index < -0.39 is 11.8 Å². The SMILES string of the molecule is Oc1nc2cc(I)cnc2nc1O. The van der Waals surface area contributed by atoms with Crippen LogP contribution in [-0.2, 0) is 0 Å². The summed E-state index contributed by atoms with van der Waals surface area (Å²) in [5.41, 5.74) is 0.776. The highest BCUT2D eigenvalue weighted by Crippen LogP contribution is 2.21. The fourth-order valence-corrected chi connectivity index (χ4v) is 1.34. The Bertz CT molecular complexity index is 474. The predicted molar refractivity (Wildman–Crippen MR) is 53.4 cm³/mol. The first kappa shape index (κ1) is 8.42. The van der Waals surface area contributed by atoms with Gasteiger partial charge in [-0.1, -0.05) is 0 Å². The second kappa shape index (κ2) is 2.95. The van der Waals surface area contributed by atoms with E-state index in [0.717, 1.165) is 3.57 Å². The molecule has 0 atom stereocenters. The number of aromatic nitrogens is 3. The summed E-state index contributed by atoms with van der Waals surface area (Å²) in [6.07, 6.45) is 1.61. The van der Waals surface area contributed by atoms with Gasteiger partial charge in [-0.25, -0.2) is 9.97 Å². The molecule has 5 nitrogen and oxygen atoms in total. The van der Waals surface area contributed by atoms with Crippen LogP contribution in [0.2, 0.25) is 0 Å². The first-order chi connectivity index (χ1) is 6.16. The molecule has 0 aliphatic heterocycles.